The van der Waals surface area contributed by atoms with Crippen molar-refractivity contribution in [3.63, 3.8) is 0 Å². The van der Waals surface area contributed by atoms with Crippen molar-refractivity contribution in [2.75, 3.05) is 6.61 Å². The largest absolute Gasteiger partial charge is 0.394 e. The molecule has 2 rings (SSSR count). The number of rotatable bonds is 6. The molecule has 20 heavy (non-hydrogen) atoms. The zero-order valence-electron chi connectivity index (χ0n) is 12.3. The molecule has 110 valence electrons. The highest BCUT2D eigenvalue weighted by molar-refractivity contribution is 5.83. The first kappa shape index (κ1) is 15.0. The van der Waals surface area contributed by atoms with Crippen LogP contribution in [-0.4, -0.2) is 23.7 Å². The fourth-order valence-corrected chi connectivity index (χ4v) is 3.19. The second-order valence-electron chi connectivity index (χ2n) is 5.88. The molecule has 3 heteroatoms. The molecular weight excluding hydrogens is 250 g/mol. The van der Waals surface area contributed by atoms with Crippen LogP contribution in [0, 0.1) is 5.41 Å². The van der Waals surface area contributed by atoms with Crippen molar-refractivity contribution in [1.29, 1.82) is 0 Å². The van der Waals surface area contributed by atoms with Gasteiger partial charge in [-0.25, -0.2) is 0 Å². The molecule has 2 N–H and O–H groups in total. The topological polar surface area (TPSA) is 49.3 Å². The Labute approximate surface area is 121 Å². The fraction of sp³-hybridized carbons (Fsp3) is 0.588. The van der Waals surface area contributed by atoms with Gasteiger partial charge in [0.15, 0.2) is 0 Å². The molecule has 1 aromatic carbocycles. The highest BCUT2D eigenvalue weighted by Crippen LogP contribution is 2.41. The predicted octanol–water partition coefficient (Wildman–Crippen LogP) is 2.68. The van der Waals surface area contributed by atoms with Gasteiger partial charge >= 0.3 is 0 Å². The van der Waals surface area contributed by atoms with Crippen molar-refractivity contribution < 1.29 is 9.90 Å². The van der Waals surface area contributed by atoms with Gasteiger partial charge in [0.05, 0.1) is 12.6 Å². The van der Waals surface area contributed by atoms with Crippen molar-refractivity contribution in [3.05, 3.63) is 35.9 Å². The minimum Gasteiger partial charge on any atom is -0.394 e. The van der Waals surface area contributed by atoms with Crippen LogP contribution in [0.15, 0.2) is 30.3 Å². The lowest BCUT2D eigenvalue weighted by atomic mass is 9.82. The number of aliphatic hydroxyl groups is 1. The maximum absolute atomic E-state index is 12.5. The van der Waals surface area contributed by atoms with Gasteiger partial charge in [-0.15, -0.1) is 0 Å². The Morgan fingerprint density at radius 2 is 1.95 bits per heavy atom. The average molecular weight is 275 g/mol. The first-order valence-corrected chi connectivity index (χ1v) is 7.66. The van der Waals surface area contributed by atoms with E-state index in [1.165, 1.54) is 0 Å². The molecule has 0 spiro atoms. The van der Waals surface area contributed by atoms with Crippen LogP contribution < -0.4 is 5.32 Å². The minimum absolute atomic E-state index is 0.0135. The van der Waals surface area contributed by atoms with E-state index in [0.29, 0.717) is 6.42 Å². The summed E-state index contributed by atoms with van der Waals surface area (Å²) in [5, 5.41) is 12.6. The Balaban J connectivity index is 1.97. The van der Waals surface area contributed by atoms with E-state index in [-0.39, 0.29) is 24.0 Å². The third kappa shape index (κ3) is 3.40. The summed E-state index contributed by atoms with van der Waals surface area (Å²) in [5.74, 6) is 0.132. The Morgan fingerprint density at radius 3 is 2.50 bits per heavy atom. The molecule has 0 heterocycles. The quantitative estimate of drug-likeness (QED) is 0.838. The molecule has 0 saturated heterocycles. The van der Waals surface area contributed by atoms with Gasteiger partial charge in [-0.2, -0.15) is 0 Å². The zero-order chi connectivity index (χ0) is 14.4. The summed E-state index contributed by atoms with van der Waals surface area (Å²) in [4.78, 5) is 12.5. The van der Waals surface area contributed by atoms with E-state index in [9.17, 15) is 9.90 Å². The van der Waals surface area contributed by atoms with Crippen LogP contribution in [0.1, 0.15) is 44.6 Å². The maximum Gasteiger partial charge on any atom is 0.226 e. The first-order chi connectivity index (χ1) is 9.70. The number of hydrogen-bond acceptors (Lipinski definition) is 2. The molecule has 0 aromatic heterocycles. The second-order valence-corrected chi connectivity index (χ2v) is 5.88. The standard InChI is InChI=1S/C17H25NO2/c1-2-17(10-6-7-11-17)16(20)18-15(13-19)12-14-8-4-3-5-9-14/h3-5,8-9,15,19H,2,6-7,10-13H2,1H3,(H,18,20)/t15-/m0/s1. The summed E-state index contributed by atoms with van der Waals surface area (Å²) in [5.41, 5.74) is 0.952. The van der Waals surface area contributed by atoms with Gasteiger partial charge in [0.2, 0.25) is 5.91 Å². The lowest BCUT2D eigenvalue weighted by Crippen LogP contribution is -2.46. The Morgan fingerprint density at radius 1 is 1.30 bits per heavy atom. The Hall–Kier alpha value is -1.35. The minimum atomic E-state index is -0.190. The summed E-state index contributed by atoms with van der Waals surface area (Å²) in [6.45, 7) is 2.08. The van der Waals surface area contributed by atoms with Crippen LogP contribution in [0.4, 0.5) is 0 Å². The number of hydrogen-bond donors (Lipinski definition) is 2. The van der Waals surface area contributed by atoms with E-state index < -0.39 is 0 Å². The van der Waals surface area contributed by atoms with Gasteiger partial charge in [0.1, 0.15) is 0 Å². The molecule has 1 aliphatic carbocycles. The van der Waals surface area contributed by atoms with E-state index in [0.717, 1.165) is 37.7 Å². The summed E-state index contributed by atoms with van der Waals surface area (Å²) < 4.78 is 0. The first-order valence-electron chi connectivity index (χ1n) is 7.66. The SMILES string of the molecule is CCC1(C(=O)N[C@H](CO)Cc2ccccc2)CCCC1. The Kier molecular flexibility index (Phi) is 5.18. The van der Waals surface area contributed by atoms with E-state index in [2.05, 4.69) is 12.2 Å². The van der Waals surface area contributed by atoms with E-state index >= 15 is 0 Å². The molecule has 1 atom stereocenters. The average Bonchev–Trinajstić information content (AvgIpc) is 2.97. The fourth-order valence-electron chi connectivity index (χ4n) is 3.19. The van der Waals surface area contributed by atoms with Gasteiger partial charge in [0, 0.05) is 5.41 Å². The monoisotopic (exact) mass is 275 g/mol. The molecule has 3 nitrogen and oxygen atoms in total. The molecule has 0 radical (unpaired) electrons. The highest BCUT2D eigenvalue weighted by atomic mass is 16.3. The smallest absolute Gasteiger partial charge is 0.226 e. The van der Waals surface area contributed by atoms with Crippen molar-refractivity contribution in [2.24, 2.45) is 5.41 Å². The van der Waals surface area contributed by atoms with Gasteiger partial charge in [-0.1, -0.05) is 50.1 Å². The predicted molar refractivity (Wildman–Crippen MR) is 80.4 cm³/mol. The highest BCUT2D eigenvalue weighted by Gasteiger charge is 2.39. The number of benzene rings is 1. The van der Waals surface area contributed by atoms with Crippen LogP contribution in [0.3, 0.4) is 0 Å². The third-order valence-corrected chi connectivity index (χ3v) is 4.60. The second kappa shape index (κ2) is 6.89. The third-order valence-electron chi connectivity index (χ3n) is 4.60. The normalized spacial score (nSPS) is 18.7. The molecule has 1 amide bonds. The number of amides is 1. The number of aliphatic hydroxyl groups excluding tert-OH is 1. The summed E-state index contributed by atoms with van der Waals surface area (Å²) in [6.07, 6.45) is 5.83. The van der Waals surface area contributed by atoms with E-state index in [4.69, 9.17) is 0 Å². The van der Waals surface area contributed by atoms with Crippen molar-refractivity contribution >= 4 is 5.91 Å². The number of carbonyl (C=O) groups excluding carboxylic acids is 1. The molecule has 1 fully saturated rings. The zero-order valence-corrected chi connectivity index (χ0v) is 12.3. The van der Waals surface area contributed by atoms with Crippen LogP contribution in [0.2, 0.25) is 0 Å². The van der Waals surface area contributed by atoms with Crippen molar-refractivity contribution in [3.8, 4) is 0 Å². The summed E-state index contributed by atoms with van der Waals surface area (Å²) >= 11 is 0. The molecule has 0 unspecified atom stereocenters. The Bertz CT molecular complexity index is 424. The van der Waals surface area contributed by atoms with E-state index in [1.54, 1.807) is 0 Å². The molecule has 1 aromatic rings. The summed E-state index contributed by atoms with van der Waals surface area (Å²) in [6, 6.07) is 9.81. The van der Waals surface area contributed by atoms with Gasteiger partial charge in [-0.3, -0.25) is 4.79 Å². The van der Waals surface area contributed by atoms with E-state index in [1.807, 2.05) is 30.3 Å². The molecule has 1 saturated carbocycles. The van der Waals surface area contributed by atoms with Crippen LogP contribution in [0.5, 0.6) is 0 Å². The lowest BCUT2D eigenvalue weighted by molar-refractivity contribution is -0.132. The molecule has 0 aliphatic heterocycles. The van der Waals surface area contributed by atoms with Crippen LogP contribution >= 0.6 is 0 Å². The van der Waals surface area contributed by atoms with Gasteiger partial charge < -0.3 is 10.4 Å². The van der Waals surface area contributed by atoms with Crippen LogP contribution in [0.25, 0.3) is 0 Å². The maximum atomic E-state index is 12.5. The lowest BCUT2D eigenvalue weighted by Gasteiger charge is -2.28. The van der Waals surface area contributed by atoms with Crippen molar-refractivity contribution in [1.82, 2.24) is 5.32 Å². The van der Waals surface area contributed by atoms with Gasteiger partial charge in [0.25, 0.3) is 0 Å². The molecule has 1 aliphatic rings. The number of nitrogens with one attached hydrogen (secondary N) is 1. The number of carbonyl (C=O) groups is 1. The molecule has 0 bridgehead atoms. The van der Waals surface area contributed by atoms with Gasteiger partial charge in [-0.05, 0) is 31.2 Å². The van der Waals surface area contributed by atoms with Crippen LogP contribution in [-0.2, 0) is 11.2 Å². The van der Waals surface area contributed by atoms with Crippen molar-refractivity contribution in [2.45, 2.75) is 51.5 Å². The summed E-state index contributed by atoms with van der Waals surface area (Å²) in [7, 11) is 0. The molecular formula is C17H25NO2.